The number of aromatic nitrogens is 1. The van der Waals surface area contributed by atoms with Crippen molar-refractivity contribution >= 4 is 20.9 Å². The normalized spacial score (nSPS) is 11.7. The maximum absolute atomic E-state index is 12.1. The van der Waals surface area contributed by atoms with Crippen LogP contribution < -0.4 is 4.74 Å². The van der Waals surface area contributed by atoms with E-state index in [1.807, 2.05) is 49.4 Å². The Morgan fingerprint density at radius 1 is 1.17 bits per heavy atom. The average Bonchev–Trinajstić information content (AvgIpc) is 3.06. The van der Waals surface area contributed by atoms with E-state index in [1.165, 1.54) is 4.31 Å². The number of sulfonamides is 1. The van der Waals surface area contributed by atoms with Gasteiger partial charge in [0.15, 0.2) is 0 Å². The molecule has 6 nitrogen and oxygen atoms in total. The largest absolute Gasteiger partial charge is 0.497 e. The number of methoxy groups -OCH3 is 1. The van der Waals surface area contributed by atoms with Gasteiger partial charge in [0.2, 0.25) is 10.0 Å². The first-order chi connectivity index (χ1) is 13.9. The minimum atomic E-state index is -3.27. The number of rotatable bonds is 7. The Balaban J connectivity index is 2.15. The van der Waals surface area contributed by atoms with Crippen LogP contribution in [0.2, 0.25) is 0 Å². The van der Waals surface area contributed by atoms with Crippen LogP contribution in [0, 0.1) is 11.3 Å². The van der Waals surface area contributed by atoms with E-state index in [0.29, 0.717) is 12.1 Å². The average molecular weight is 412 g/mol. The first-order valence-electron chi connectivity index (χ1n) is 9.49. The highest BCUT2D eigenvalue weighted by Gasteiger charge is 2.20. The third kappa shape index (κ3) is 3.86. The summed E-state index contributed by atoms with van der Waals surface area (Å²) < 4.78 is 33.0. The van der Waals surface area contributed by atoms with Gasteiger partial charge in [0.05, 0.1) is 29.6 Å². The molecule has 0 aliphatic carbocycles. The summed E-state index contributed by atoms with van der Waals surface area (Å²) in [6, 6.07) is 15.8. The van der Waals surface area contributed by atoms with E-state index in [9.17, 15) is 13.7 Å². The SMILES string of the molecule is CCn1c(-c2cccc(CN(C)S(=O)(=O)CC)c2)c(C#N)c2ccc(OC)cc21. The molecule has 0 unspecified atom stereocenters. The summed E-state index contributed by atoms with van der Waals surface area (Å²) in [6.45, 7) is 4.64. The highest BCUT2D eigenvalue weighted by molar-refractivity contribution is 7.89. The van der Waals surface area contributed by atoms with E-state index in [2.05, 4.69) is 10.6 Å². The second kappa shape index (κ2) is 8.27. The van der Waals surface area contributed by atoms with Crippen LogP contribution >= 0.6 is 0 Å². The van der Waals surface area contributed by atoms with Gasteiger partial charge >= 0.3 is 0 Å². The maximum Gasteiger partial charge on any atom is 0.213 e. The highest BCUT2D eigenvalue weighted by atomic mass is 32.2. The molecule has 152 valence electrons. The smallest absolute Gasteiger partial charge is 0.213 e. The fourth-order valence-electron chi connectivity index (χ4n) is 3.59. The summed E-state index contributed by atoms with van der Waals surface area (Å²) >= 11 is 0. The van der Waals surface area contributed by atoms with E-state index >= 15 is 0 Å². The van der Waals surface area contributed by atoms with E-state index in [0.717, 1.165) is 33.5 Å². The van der Waals surface area contributed by atoms with Crippen molar-refractivity contribution in [2.24, 2.45) is 0 Å². The van der Waals surface area contributed by atoms with Gasteiger partial charge in [-0.05, 0) is 43.2 Å². The van der Waals surface area contributed by atoms with Crippen LogP contribution in [0.25, 0.3) is 22.2 Å². The molecule has 0 radical (unpaired) electrons. The highest BCUT2D eigenvalue weighted by Crippen LogP contribution is 2.35. The van der Waals surface area contributed by atoms with Gasteiger partial charge in [0, 0.05) is 31.6 Å². The Hall–Kier alpha value is -2.82. The van der Waals surface area contributed by atoms with Crippen molar-refractivity contribution in [3.63, 3.8) is 0 Å². The van der Waals surface area contributed by atoms with Crippen LogP contribution in [0.4, 0.5) is 0 Å². The minimum absolute atomic E-state index is 0.0632. The molecule has 0 atom stereocenters. The number of hydrogen-bond donors (Lipinski definition) is 0. The van der Waals surface area contributed by atoms with Gasteiger partial charge in [-0.25, -0.2) is 12.7 Å². The predicted octanol–water partition coefficient (Wildman–Crippen LogP) is 3.99. The Bertz CT molecular complexity index is 1190. The molecule has 0 N–H and O–H groups in total. The number of hydrogen-bond acceptors (Lipinski definition) is 4. The molecule has 2 aromatic carbocycles. The molecule has 0 aliphatic heterocycles. The van der Waals surface area contributed by atoms with E-state index < -0.39 is 10.0 Å². The fourth-order valence-corrected chi connectivity index (χ4v) is 4.38. The van der Waals surface area contributed by atoms with E-state index in [-0.39, 0.29) is 12.3 Å². The second-order valence-corrected chi connectivity index (χ2v) is 9.18. The van der Waals surface area contributed by atoms with Crippen LogP contribution in [0.5, 0.6) is 5.75 Å². The molecule has 1 heterocycles. The number of benzene rings is 2. The third-order valence-electron chi connectivity index (χ3n) is 5.15. The van der Waals surface area contributed by atoms with Gasteiger partial charge in [-0.15, -0.1) is 0 Å². The maximum atomic E-state index is 12.1. The van der Waals surface area contributed by atoms with Crippen LogP contribution in [-0.2, 0) is 23.1 Å². The molecule has 7 heteroatoms. The van der Waals surface area contributed by atoms with Crippen LogP contribution in [0.1, 0.15) is 25.0 Å². The predicted molar refractivity (Wildman–Crippen MR) is 115 cm³/mol. The lowest BCUT2D eigenvalue weighted by Crippen LogP contribution is -2.27. The minimum Gasteiger partial charge on any atom is -0.497 e. The number of nitriles is 1. The zero-order chi connectivity index (χ0) is 21.2. The molecule has 0 spiro atoms. The Labute approximate surface area is 172 Å². The van der Waals surface area contributed by atoms with Crippen molar-refractivity contribution in [1.29, 1.82) is 5.26 Å². The summed E-state index contributed by atoms with van der Waals surface area (Å²) in [6.07, 6.45) is 0. The quantitative estimate of drug-likeness (QED) is 0.589. The number of nitrogens with zero attached hydrogens (tertiary/aromatic N) is 3. The monoisotopic (exact) mass is 411 g/mol. The van der Waals surface area contributed by atoms with Crippen molar-refractivity contribution in [3.8, 4) is 23.1 Å². The molecule has 3 aromatic rings. The van der Waals surface area contributed by atoms with Gasteiger partial charge in [-0.2, -0.15) is 5.26 Å². The van der Waals surface area contributed by atoms with Gasteiger partial charge in [-0.3, -0.25) is 0 Å². The summed E-state index contributed by atoms with van der Waals surface area (Å²) in [5.41, 5.74) is 4.14. The van der Waals surface area contributed by atoms with Crippen molar-refractivity contribution in [2.75, 3.05) is 19.9 Å². The molecule has 29 heavy (non-hydrogen) atoms. The summed E-state index contributed by atoms with van der Waals surface area (Å²) in [5, 5.41) is 10.8. The lowest BCUT2D eigenvalue weighted by atomic mass is 10.0. The van der Waals surface area contributed by atoms with Crippen LogP contribution in [0.15, 0.2) is 42.5 Å². The molecule has 0 aliphatic rings. The molecular weight excluding hydrogens is 386 g/mol. The van der Waals surface area contributed by atoms with Gasteiger partial charge < -0.3 is 9.30 Å². The second-order valence-electron chi connectivity index (χ2n) is 6.82. The Morgan fingerprint density at radius 2 is 1.93 bits per heavy atom. The molecule has 0 bridgehead atoms. The fraction of sp³-hybridized carbons (Fsp3) is 0.318. The topological polar surface area (TPSA) is 75.3 Å². The lowest BCUT2D eigenvalue weighted by Gasteiger charge is -2.17. The Kier molecular flexibility index (Phi) is 5.96. The number of fused-ring (bicyclic) bond motifs is 1. The van der Waals surface area contributed by atoms with Crippen molar-refractivity contribution in [2.45, 2.75) is 26.9 Å². The summed E-state index contributed by atoms with van der Waals surface area (Å²) in [7, 11) is -0.0591. The van der Waals surface area contributed by atoms with E-state index in [4.69, 9.17) is 4.74 Å². The van der Waals surface area contributed by atoms with E-state index in [1.54, 1.807) is 21.1 Å². The van der Waals surface area contributed by atoms with Gasteiger partial charge in [0.1, 0.15) is 11.8 Å². The van der Waals surface area contributed by atoms with Crippen molar-refractivity contribution < 1.29 is 13.2 Å². The molecule has 1 aromatic heterocycles. The third-order valence-corrected chi connectivity index (χ3v) is 6.95. The lowest BCUT2D eigenvalue weighted by molar-refractivity contribution is 0.415. The van der Waals surface area contributed by atoms with Crippen molar-refractivity contribution in [3.05, 3.63) is 53.6 Å². The van der Waals surface area contributed by atoms with Crippen LogP contribution in [0.3, 0.4) is 0 Å². The molecule has 0 saturated heterocycles. The molecule has 0 saturated carbocycles. The zero-order valence-corrected chi connectivity index (χ0v) is 18.0. The molecule has 0 amide bonds. The first-order valence-corrected chi connectivity index (χ1v) is 11.1. The molecule has 3 rings (SSSR count). The first kappa shape index (κ1) is 20.9. The summed E-state index contributed by atoms with van der Waals surface area (Å²) in [4.78, 5) is 0. The number of ether oxygens (including phenoxy) is 1. The molecule has 0 fully saturated rings. The summed E-state index contributed by atoms with van der Waals surface area (Å²) in [5.74, 6) is 0.800. The Morgan fingerprint density at radius 3 is 2.55 bits per heavy atom. The standard InChI is InChI=1S/C22H25N3O3S/c1-5-25-21-13-18(28-4)10-11-19(21)20(14-23)22(25)17-9-7-8-16(12-17)15-24(3)29(26,27)6-2/h7-13H,5-6,15H2,1-4H3. The van der Waals surface area contributed by atoms with Crippen LogP contribution in [-0.4, -0.2) is 37.2 Å². The zero-order valence-electron chi connectivity index (χ0n) is 17.1. The molecular formula is C22H25N3O3S. The van der Waals surface area contributed by atoms with Gasteiger partial charge in [-0.1, -0.05) is 18.2 Å². The number of aryl methyl sites for hydroxylation is 1. The van der Waals surface area contributed by atoms with Gasteiger partial charge in [0.25, 0.3) is 0 Å². The van der Waals surface area contributed by atoms with Crippen molar-refractivity contribution in [1.82, 2.24) is 8.87 Å².